The van der Waals surface area contributed by atoms with E-state index in [1.165, 1.54) is 0 Å². The second kappa shape index (κ2) is 7.84. The lowest BCUT2D eigenvalue weighted by molar-refractivity contribution is -0.135. The maximum Gasteiger partial charge on any atom is 0.260 e. The Hall–Kier alpha value is -1.26. The van der Waals surface area contributed by atoms with Crippen LogP contribution in [0, 0.1) is 12.8 Å². The lowest BCUT2D eigenvalue weighted by atomic mass is 10.2. The van der Waals surface area contributed by atoms with Gasteiger partial charge in [-0.2, -0.15) is 0 Å². The van der Waals surface area contributed by atoms with Crippen LogP contribution in [0.2, 0.25) is 5.02 Å². The molecule has 1 fully saturated rings. The Bertz CT molecular complexity index is 511. The highest BCUT2D eigenvalue weighted by atomic mass is 35.5. The zero-order valence-electron chi connectivity index (χ0n) is 13.6. The molecule has 2 rings (SSSR count). The Morgan fingerprint density at radius 1 is 1.27 bits per heavy atom. The first kappa shape index (κ1) is 17.1. The summed E-state index contributed by atoms with van der Waals surface area (Å²) in [7, 11) is 0. The fraction of sp³-hybridized carbons (Fsp3) is 0.588. The van der Waals surface area contributed by atoms with Crippen LogP contribution >= 0.6 is 11.6 Å². The van der Waals surface area contributed by atoms with E-state index in [1.807, 2.05) is 24.0 Å². The molecule has 0 N–H and O–H groups in total. The molecule has 1 heterocycles. The lowest BCUT2D eigenvalue weighted by Crippen LogP contribution is -2.50. The monoisotopic (exact) mass is 324 g/mol. The number of hydrogen-bond donors (Lipinski definition) is 0. The molecule has 0 unspecified atom stereocenters. The average Bonchev–Trinajstić information content (AvgIpc) is 2.46. The van der Waals surface area contributed by atoms with Crippen LogP contribution in [0.4, 0.5) is 0 Å². The molecule has 122 valence electrons. The summed E-state index contributed by atoms with van der Waals surface area (Å²) >= 11 is 5.92. The topological polar surface area (TPSA) is 32.8 Å². The standard InChI is InChI=1S/C17H25ClN2O2/c1-13(2)11-19-6-8-20(9-7-19)17(21)12-22-16-5-4-15(18)10-14(16)3/h4-5,10,13H,6-9,11-12H2,1-3H3. The van der Waals surface area contributed by atoms with Crippen LogP contribution in [-0.4, -0.2) is 55.0 Å². The van der Waals surface area contributed by atoms with E-state index >= 15 is 0 Å². The Labute approximate surface area is 138 Å². The molecule has 1 saturated heterocycles. The largest absolute Gasteiger partial charge is 0.483 e. The molecule has 0 atom stereocenters. The van der Waals surface area contributed by atoms with Gasteiger partial charge in [-0.25, -0.2) is 0 Å². The molecule has 0 spiro atoms. The number of aryl methyl sites for hydroxylation is 1. The second-order valence-electron chi connectivity index (χ2n) is 6.27. The van der Waals surface area contributed by atoms with E-state index in [4.69, 9.17) is 16.3 Å². The molecule has 4 nitrogen and oxygen atoms in total. The van der Waals surface area contributed by atoms with Crippen molar-refractivity contribution in [1.82, 2.24) is 9.80 Å². The second-order valence-corrected chi connectivity index (χ2v) is 6.71. The molecule has 0 aromatic heterocycles. The highest BCUT2D eigenvalue weighted by Crippen LogP contribution is 2.21. The zero-order valence-corrected chi connectivity index (χ0v) is 14.4. The highest BCUT2D eigenvalue weighted by molar-refractivity contribution is 6.30. The maximum absolute atomic E-state index is 12.2. The molecule has 5 heteroatoms. The minimum Gasteiger partial charge on any atom is -0.483 e. The van der Waals surface area contributed by atoms with Crippen molar-refractivity contribution in [3.8, 4) is 5.75 Å². The number of piperazine rings is 1. The average molecular weight is 325 g/mol. The van der Waals surface area contributed by atoms with Gasteiger partial charge in [0.2, 0.25) is 0 Å². The van der Waals surface area contributed by atoms with Crippen molar-refractivity contribution in [2.24, 2.45) is 5.92 Å². The first-order valence-electron chi connectivity index (χ1n) is 7.85. The minimum absolute atomic E-state index is 0.0542. The molecular formula is C17H25ClN2O2. The van der Waals surface area contributed by atoms with E-state index < -0.39 is 0 Å². The highest BCUT2D eigenvalue weighted by Gasteiger charge is 2.21. The predicted octanol–water partition coefficient (Wildman–Crippen LogP) is 2.83. The number of benzene rings is 1. The number of nitrogens with zero attached hydrogens (tertiary/aromatic N) is 2. The molecule has 0 bridgehead atoms. The molecule has 0 saturated carbocycles. The number of hydrogen-bond acceptors (Lipinski definition) is 3. The van der Waals surface area contributed by atoms with Crippen molar-refractivity contribution in [3.63, 3.8) is 0 Å². The Kier molecular flexibility index (Phi) is 6.09. The van der Waals surface area contributed by atoms with Crippen molar-refractivity contribution >= 4 is 17.5 Å². The predicted molar refractivity (Wildman–Crippen MR) is 89.5 cm³/mol. The quantitative estimate of drug-likeness (QED) is 0.835. The summed E-state index contributed by atoms with van der Waals surface area (Å²) in [6.45, 7) is 11.0. The molecule has 1 aromatic rings. The van der Waals surface area contributed by atoms with Gasteiger partial charge in [0, 0.05) is 37.7 Å². The Balaban J connectivity index is 1.79. The van der Waals surface area contributed by atoms with Crippen LogP contribution in [0.1, 0.15) is 19.4 Å². The van der Waals surface area contributed by atoms with Gasteiger partial charge in [-0.1, -0.05) is 25.4 Å². The summed E-state index contributed by atoms with van der Waals surface area (Å²) in [6, 6.07) is 5.43. The molecule has 0 aliphatic carbocycles. The van der Waals surface area contributed by atoms with Crippen LogP contribution < -0.4 is 4.74 Å². The smallest absolute Gasteiger partial charge is 0.260 e. The SMILES string of the molecule is Cc1cc(Cl)ccc1OCC(=O)N1CCN(CC(C)C)CC1. The summed E-state index contributed by atoms with van der Waals surface area (Å²) in [4.78, 5) is 16.5. The number of amides is 1. The summed E-state index contributed by atoms with van der Waals surface area (Å²) in [5, 5.41) is 0.678. The van der Waals surface area contributed by atoms with Gasteiger partial charge >= 0.3 is 0 Å². The number of carbonyl (C=O) groups excluding carboxylic acids is 1. The summed E-state index contributed by atoms with van der Waals surface area (Å²) in [5.41, 5.74) is 0.946. The molecule has 1 aliphatic rings. The summed E-state index contributed by atoms with van der Waals surface area (Å²) in [6.07, 6.45) is 0. The summed E-state index contributed by atoms with van der Waals surface area (Å²) in [5.74, 6) is 1.44. The van der Waals surface area contributed by atoms with Crippen molar-refractivity contribution in [1.29, 1.82) is 0 Å². The number of ether oxygens (including phenoxy) is 1. The maximum atomic E-state index is 12.2. The first-order valence-corrected chi connectivity index (χ1v) is 8.22. The zero-order chi connectivity index (χ0) is 16.1. The summed E-state index contributed by atoms with van der Waals surface area (Å²) < 4.78 is 5.63. The van der Waals surface area contributed by atoms with Gasteiger partial charge in [-0.15, -0.1) is 0 Å². The van der Waals surface area contributed by atoms with E-state index in [0.29, 0.717) is 10.9 Å². The van der Waals surface area contributed by atoms with Gasteiger partial charge in [0.05, 0.1) is 0 Å². The van der Waals surface area contributed by atoms with Crippen LogP contribution in [0.5, 0.6) is 5.75 Å². The van der Waals surface area contributed by atoms with Crippen molar-refractivity contribution in [3.05, 3.63) is 28.8 Å². The third kappa shape index (κ3) is 4.89. The van der Waals surface area contributed by atoms with E-state index in [1.54, 1.807) is 6.07 Å². The minimum atomic E-state index is 0.0542. The molecule has 1 amide bonds. The van der Waals surface area contributed by atoms with Gasteiger partial charge in [-0.05, 0) is 36.6 Å². The van der Waals surface area contributed by atoms with Gasteiger partial charge in [0.15, 0.2) is 6.61 Å². The number of rotatable bonds is 5. The molecule has 22 heavy (non-hydrogen) atoms. The normalized spacial score (nSPS) is 16.1. The fourth-order valence-electron chi connectivity index (χ4n) is 2.70. The van der Waals surface area contributed by atoms with Crippen LogP contribution in [0.3, 0.4) is 0 Å². The third-order valence-electron chi connectivity index (χ3n) is 3.84. The third-order valence-corrected chi connectivity index (χ3v) is 4.07. The van der Waals surface area contributed by atoms with Crippen molar-refractivity contribution in [2.75, 3.05) is 39.3 Å². The van der Waals surface area contributed by atoms with Crippen LogP contribution in [0.15, 0.2) is 18.2 Å². The molecular weight excluding hydrogens is 300 g/mol. The van der Waals surface area contributed by atoms with E-state index in [0.717, 1.165) is 44.0 Å². The number of halogens is 1. The molecule has 1 aliphatic heterocycles. The van der Waals surface area contributed by atoms with Crippen molar-refractivity contribution < 1.29 is 9.53 Å². The van der Waals surface area contributed by atoms with E-state index in [-0.39, 0.29) is 12.5 Å². The van der Waals surface area contributed by atoms with Gasteiger partial charge in [0.25, 0.3) is 5.91 Å². The van der Waals surface area contributed by atoms with Crippen LogP contribution in [-0.2, 0) is 4.79 Å². The molecule has 1 aromatic carbocycles. The van der Waals surface area contributed by atoms with Crippen molar-refractivity contribution in [2.45, 2.75) is 20.8 Å². The van der Waals surface area contributed by atoms with E-state index in [9.17, 15) is 4.79 Å². The van der Waals surface area contributed by atoms with Gasteiger partial charge < -0.3 is 9.64 Å². The van der Waals surface area contributed by atoms with Crippen LogP contribution in [0.25, 0.3) is 0 Å². The van der Waals surface area contributed by atoms with Gasteiger partial charge in [0.1, 0.15) is 5.75 Å². The Morgan fingerprint density at radius 3 is 2.55 bits per heavy atom. The van der Waals surface area contributed by atoms with Gasteiger partial charge in [-0.3, -0.25) is 9.69 Å². The number of carbonyl (C=O) groups is 1. The molecule has 0 radical (unpaired) electrons. The lowest BCUT2D eigenvalue weighted by Gasteiger charge is -2.35. The Morgan fingerprint density at radius 2 is 1.95 bits per heavy atom. The van der Waals surface area contributed by atoms with E-state index in [2.05, 4.69) is 18.7 Å². The fourth-order valence-corrected chi connectivity index (χ4v) is 2.93. The first-order chi connectivity index (χ1) is 10.5.